The average Bonchev–Trinajstić information content (AvgIpc) is 2.29. The van der Waals surface area contributed by atoms with Crippen LogP contribution in [-0.2, 0) is 11.3 Å². The molecule has 0 aliphatic carbocycles. The van der Waals surface area contributed by atoms with Crippen molar-refractivity contribution < 1.29 is 8.78 Å². The van der Waals surface area contributed by atoms with Gasteiger partial charge in [-0.2, -0.15) is 5.26 Å². The SMILES string of the molecule is CC(C)C(F)(F)c1ccc(C(C)(C)C#N)cc1. The lowest BCUT2D eigenvalue weighted by Crippen LogP contribution is -2.21. The molecule has 0 saturated carbocycles. The van der Waals surface area contributed by atoms with E-state index < -0.39 is 17.3 Å². The van der Waals surface area contributed by atoms with Crippen LogP contribution in [0.4, 0.5) is 8.78 Å². The molecule has 0 heterocycles. The highest BCUT2D eigenvalue weighted by Gasteiger charge is 2.35. The molecule has 1 aromatic rings. The summed E-state index contributed by atoms with van der Waals surface area (Å²) in [5.74, 6) is -3.56. The smallest absolute Gasteiger partial charge is 0.201 e. The maximum Gasteiger partial charge on any atom is 0.275 e. The lowest BCUT2D eigenvalue weighted by molar-refractivity contribution is -0.0514. The third-order valence-electron chi connectivity index (χ3n) is 3.00. The number of nitrogens with zero attached hydrogens (tertiary/aromatic N) is 1. The van der Waals surface area contributed by atoms with Gasteiger partial charge in [-0.1, -0.05) is 38.1 Å². The molecule has 0 aliphatic rings. The molecule has 0 saturated heterocycles. The topological polar surface area (TPSA) is 23.8 Å². The van der Waals surface area contributed by atoms with Crippen molar-refractivity contribution in [1.29, 1.82) is 5.26 Å². The van der Waals surface area contributed by atoms with Crippen LogP contribution in [0.1, 0.15) is 38.8 Å². The molecule has 3 heteroatoms. The highest BCUT2D eigenvalue weighted by molar-refractivity contribution is 5.34. The third-order valence-corrected chi connectivity index (χ3v) is 3.00. The van der Waals surface area contributed by atoms with Crippen LogP contribution >= 0.6 is 0 Å². The molecule has 17 heavy (non-hydrogen) atoms. The maximum absolute atomic E-state index is 13.7. The van der Waals surface area contributed by atoms with Crippen molar-refractivity contribution in [2.75, 3.05) is 0 Å². The van der Waals surface area contributed by atoms with Crippen molar-refractivity contribution in [1.82, 2.24) is 0 Å². The van der Waals surface area contributed by atoms with E-state index in [-0.39, 0.29) is 5.56 Å². The minimum Gasteiger partial charge on any atom is -0.201 e. The van der Waals surface area contributed by atoms with Crippen molar-refractivity contribution in [3.05, 3.63) is 35.4 Å². The molecule has 1 nitrogen and oxygen atoms in total. The van der Waals surface area contributed by atoms with Crippen molar-refractivity contribution >= 4 is 0 Å². The molecular formula is C14H17F2N. The quantitative estimate of drug-likeness (QED) is 0.771. The van der Waals surface area contributed by atoms with Gasteiger partial charge in [-0.15, -0.1) is 0 Å². The number of hydrogen-bond donors (Lipinski definition) is 0. The predicted molar refractivity (Wildman–Crippen MR) is 63.8 cm³/mol. The molecule has 92 valence electrons. The molecule has 1 aromatic carbocycles. The zero-order valence-corrected chi connectivity index (χ0v) is 10.6. The van der Waals surface area contributed by atoms with E-state index in [1.807, 2.05) is 0 Å². The highest BCUT2D eigenvalue weighted by Crippen LogP contribution is 2.36. The van der Waals surface area contributed by atoms with E-state index >= 15 is 0 Å². The first-order valence-corrected chi connectivity index (χ1v) is 5.62. The molecular weight excluding hydrogens is 220 g/mol. The average molecular weight is 237 g/mol. The van der Waals surface area contributed by atoms with E-state index in [1.54, 1.807) is 26.0 Å². The van der Waals surface area contributed by atoms with E-state index in [4.69, 9.17) is 5.26 Å². The van der Waals surface area contributed by atoms with E-state index in [2.05, 4.69) is 6.07 Å². The number of rotatable bonds is 3. The standard InChI is InChI=1S/C14H17F2N/c1-10(2)14(15,16)12-7-5-11(6-8-12)13(3,4)9-17/h5-8,10H,1-4H3. The summed E-state index contributed by atoms with van der Waals surface area (Å²) < 4.78 is 27.4. The zero-order valence-electron chi connectivity index (χ0n) is 10.6. The molecule has 0 radical (unpaired) electrons. The van der Waals surface area contributed by atoms with Crippen LogP contribution in [0.15, 0.2) is 24.3 Å². The van der Waals surface area contributed by atoms with Gasteiger partial charge in [-0.05, 0) is 19.4 Å². The fraction of sp³-hybridized carbons (Fsp3) is 0.500. The van der Waals surface area contributed by atoms with Crippen LogP contribution < -0.4 is 0 Å². The predicted octanol–water partition coefficient (Wildman–Crippen LogP) is 4.24. The summed E-state index contributed by atoms with van der Waals surface area (Å²) in [6.45, 7) is 6.52. The second-order valence-corrected chi connectivity index (χ2v) is 5.09. The van der Waals surface area contributed by atoms with E-state index in [1.165, 1.54) is 26.0 Å². The van der Waals surface area contributed by atoms with Gasteiger partial charge in [0.1, 0.15) is 0 Å². The number of hydrogen-bond acceptors (Lipinski definition) is 1. The molecule has 0 aromatic heterocycles. The Balaban J connectivity index is 3.10. The van der Waals surface area contributed by atoms with Crippen LogP contribution in [-0.4, -0.2) is 0 Å². The molecule has 0 atom stereocenters. The van der Waals surface area contributed by atoms with Gasteiger partial charge in [0.25, 0.3) is 5.92 Å². The molecule has 1 rings (SSSR count). The first-order valence-electron chi connectivity index (χ1n) is 5.62. The lowest BCUT2D eigenvalue weighted by atomic mass is 9.85. The largest absolute Gasteiger partial charge is 0.275 e. The minimum atomic E-state index is -2.82. The van der Waals surface area contributed by atoms with E-state index in [9.17, 15) is 8.78 Å². The Bertz CT molecular complexity index is 425. The van der Waals surface area contributed by atoms with Crippen molar-refractivity contribution in [3.63, 3.8) is 0 Å². The Morgan fingerprint density at radius 2 is 1.47 bits per heavy atom. The summed E-state index contributed by atoms with van der Waals surface area (Å²) in [7, 11) is 0. The minimum absolute atomic E-state index is 0.00462. The number of benzene rings is 1. The summed E-state index contributed by atoms with van der Waals surface area (Å²) in [6, 6.07) is 8.19. The Kier molecular flexibility index (Phi) is 3.56. The summed E-state index contributed by atoms with van der Waals surface area (Å²) in [5.41, 5.74) is 0.111. The maximum atomic E-state index is 13.7. The first kappa shape index (κ1) is 13.6. The van der Waals surface area contributed by atoms with Crippen LogP contribution in [0.2, 0.25) is 0 Å². The molecule has 0 spiro atoms. The van der Waals surface area contributed by atoms with Gasteiger partial charge in [0.2, 0.25) is 0 Å². The molecule has 0 N–H and O–H groups in total. The van der Waals surface area contributed by atoms with Gasteiger partial charge in [-0.25, -0.2) is 8.78 Å². The van der Waals surface area contributed by atoms with Crippen molar-refractivity contribution in [2.24, 2.45) is 5.92 Å². The van der Waals surface area contributed by atoms with Gasteiger partial charge in [-0.3, -0.25) is 0 Å². The lowest BCUT2D eigenvalue weighted by Gasteiger charge is -2.22. The number of halogens is 2. The van der Waals surface area contributed by atoms with Gasteiger partial charge in [0, 0.05) is 11.5 Å². The fourth-order valence-electron chi connectivity index (χ4n) is 1.51. The van der Waals surface area contributed by atoms with Crippen LogP contribution in [0.3, 0.4) is 0 Å². The summed E-state index contributed by atoms with van der Waals surface area (Å²) in [5, 5.41) is 8.97. The fourth-order valence-corrected chi connectivity index (χ4v) is 1.51. The van der Waals surface area contributed by atoms with Crippen LogP contribution in [0.25, 0.3) is 0 Å². The van der Waals surface area contributed by atoms with Gasteiger partial charge in [0.05, 0.1) is 11.5 Å². The van der Waals surface area contributed by atoms with Gasteiger partial charge >= 0.3 is 0 Å². The monoisotopic (exact) mass is 237 g/mol. The number of alkyl halides is 2. The Morgan fingerprint density at radius 3 is 1.82 bits per heavy atom. The summed E-state index contributed by atoms with van der Waals surface area (Å²) in [6.07, 6.45) is 0. The van der Waals surface area contributed by atoms with E-state index in [0.717, 1.165) is 5.56 Å². The van der Waals surface area contributed by atoms with Crippen LogP contribution in [0, 0.1) is 17.2 Å². The molecule has 0 aliphatic heterocycles. The number of nitriles is 1. The van der Waals surface area contributed by atoms with Crippen LogP contribution in [0.5, 0.6) is 0 Å². The van der Waals surface area contributed by atoms with Crippen molar-refractivity contribution in [2.45, 2.75) is 39.0 Å². The summed E-state index contributed by atoms with van der Waals surface area (Å²) >= 11 is 0. The molecule has 0 unspecified atom stereocenters. The second-order valence-electron chi connectivity index (χ2n) is 5.09. The zero-order chi connectivity index (χ0) is 13.3. The highest BCUT2D eigenvalue weighted by atomic mass is 19.3. The second kappa shape index (κ2) is 4.44. The Hall–Kier alpha value is -1.43. The Morgan fingerprint density at radius 1 is 1.06 bits per heavy atom. The van der Waals surface area contributed by atoms with E-state index in [0.29, 0.717) is 0 Å². The van der Waals surface area contributed by atoms with Gasteiger partial charge in [0.15, 0.2) is 0 Å². The Labute approximate surface area is 101 Å². The van der Waals surface area contributed by atoms with Crippen molar-refractivity contribution in [3.8, 4) is 6.07 Å². The van der Waals surface area contributed by atoms with Gasteiger partial charge < -0.3 is 0 Å². The third kappa shape index (κ3) is 2.63. The molecule has 0 bridgehead atoms. The molecule has 0 amide bonds. The first-order chi connectivity index (χ1) is 7.71. The normalized spacial score (nSPS) is 12.6. The molecule has 0 fully saturated rings. The summed E-state index contributed by atoms with van der Waals surface area (Å²) in [4.78, 5) is 0.